The Balaban J connectivity index is 1.93. The third kappa shape index (κ3) is 4.94. The van der Waals surface area contributed by atoms with Crippen LogP contribution < -0.4 is 5.32 Å². The van der Waals surface area contributed by atoms with Crippen LogP contribution in [-0.4, -0.2) is 18.0 Å². The molecule has 0 spiro atoms. The molecule has 4 nitrogen and oxygen atoms in total. The summed E-state index contributed by atoms with van der Waals surface area (Å²) in [4.78, 5) is 23.9. The molecule has 24 heavy (non-hydrogen) atoms. The van der Waals surface area contributed by atoms with Crippen LogP contribution in [0, 0.1) is 5.82 Å². The molecule has 0 aliphatic carbocycles. The van der Waals surface area contributed by atoms with Gasteiger partial charge in [-0.15, -0.1) is 0 Å². The van der Waals surface area contributed by atoms with Crippen molar-refractivity contribution < 1.29 is 18.7 Å². The number of anilines is 1. The largest absolute Gasteiger partial charge is 0.452 e. The summed E-state index contributed by atoms with van der Waals surface area (Å²) >= 11 is 12.0. The Labute approximate surface area is 148 Å². The molecular formula is C17H14Cl2FNO3. The Morgan fingerprint density at radius 3 is 2.29 bits per heavy atom. The highest BCUT2D eigenvalue weighted by molar-refractivity contribution is 6.36. The molecule has 7 heteroatoms. The van der Waals surface area contributed by atoms with Crippen LogP contribution in [0.1, 0.15) is 12.5 Å². The molecule has 1 N–H and O–H groups in total. The van der Waals surface area contributed by atoms with Gasteiger partial charge in [-0.25, -0.2) is 4.39 Å². The van der Waals surface area contributed by atoms with Gasteiger partial charge in [-0.05, 0) is 43.3 Å². The van der Waals surface area contributed by atoms with Gasteiger partial charge >= 0.3 is 5.97 Å². The van der Waals surface area contributed by atoms with Gasteiger partial charge in [0.05, 0.1) is 6.42 Å². The molecule has 0 radical (unpaired) electrons. The fourth-order valence-electron chi connectivity index (χ4n) is 1.92. The summed E-state index contributed by atoms with van der Waals surface area (Å²) in [5.74, 6) is -1.57. The van der Waals surface area contributed by atoms with Crippen LogP contribution in [0.25, 0.3) is 0 Å². The Kier molecular flexibility index (Phi) is 6.17. The quantitative estimate of drug-likeness (QED) is 0.801. The highest BCUT2D eigenvalue weighted by atomic mass is 35.5. The number of nitrogens with one attached hydrogen (secondary N) is 1. The second-order valence-electron chi connectivity index (χ2n) is 5.01. The van der Waals surface area contributed by atoms with E-state index < -0.39 is 23.8 Å². The molecule has 2 rings (SSSR count). The van der Waals surface area contributed by atoms with Crippen molar-refractivity contribution in [3.63, 3.8) is 0 Å². The second-order valence-corrected chi connectivity index (χ2v) is 5.82. The van der Waals surface area contributed by atoms with Gasteiger partial charge in [0.1, 0.15) is 5.82 Å². The molecule has 0 aliphatic heterocycles. The van der Waals surface area contributed by atoms with Gasteiger partial charge in [0.15, 0.2) is 6.10 Å². The Morgan fingerprint density at radius 1 is 1.12 bits per heavy atom. The second kappa shape index (κ2) is 8.13. The highest BCUT2D eigenvalue weighted by Crippen LogP contribution is 2.25. The van der Waals surface area contributed by atoms with Crippen molar-refractivity contribution in [2.24, 2.45) is 0 Å². The van der Waals surface area contributed by atoms with E-state index >= 15 is 0 Å². The number of carbonyl (C=O) groups is 2. The SMILES string of the molecule is C[C@H](OC(=O)Cc1c(Cl)cccc1Cl)C(=O)Nc1ccc(F)cc1. The first kappa shape index (κ1) is 18.2. The lowest BCUT2D eigenvalue weighted by Gasteiger charge is -2.14. The number of ether oxygens (including phenoxy) is 1. The van der Waals surface area contributed by atoms with Crippen LogP contribution >= 0.6 is 23.2 Å². The predicted octanol–water partition coefficient (Wildman–Crippen LogP) is 4.25. The third-order valence-electron chi connectivity index (χ3n) is 3.17. The molecule has 0 saturated heterocycles. The van der Waals surface area contributed by atoms with Crippen LogP contribution in [0.3, 0.4) is 0 Å². The molecule has 1 amide bonds. The van der Waals surface area contributed by atoms with Crippen molar-refractivity contribution in [3.8, 4) is 0 Å². The zero-order chi connectivity index (χ0) is 17.7. The summed E-state index contributed by atoms with van der Waals surface area (Å²) in [6.07, 6.45) is -1.17. The summed E-state index contributed by atoms with van der Waals surface area (Å²) in [6, 6.07) is 10.1. The minimum absolute atomic E-state index is 0.146. The van der Waals surface area contributed by atoms with Crippen LogP contribution in [0.2, 0.25) is 10.0 Å². The van der Waals surface area contributed by atoms with Crippen LogP contribution in [-0.2, 0) is 20.7 Å². The molecule has 0 aliphatic rings. The van der Waals surface area contributed by atoms with Crippen molar-refractivity contribution >= 4 is 40.8 Å². The number of benzene rings is 2. The highest BCUT2D eigenvalue weighted by Gasteiger charge is 2.19. The molecule has 126 valence electrons. The van der Waals surface area contributed by atoms with E-state index in [1.165, 1.54) is 31.2 Å². The van der Waals surface area contributed by atoms with Crippen LogP contribution in [0.15, 0.2) is 42.5 Å². The minimum atomic E-state index is -1.02. The van der Waals surface area contributed by atoms with Gasteiger partial charge < -0.3 is 10.1 Å². The fraction of sp³-hybridized carbons (Fsp3) is 0.176. The smallest absolute Gasteiger partial charge is 0.311 e. The number of hydrogen-bond donors (Lipinski definition) is 1. The summed E-state index contributed by atoms with van der Waals surface area (Å²) in [5.41, 5.74) is 0.843. The van der Waals surface area contributed by atoms with E-state index in [-0.39, 0.29) is 6.42 Å². The zero-order valence-electron chi connectivity index (χ0n) is 12.7. The molecule has 1 atom stereocenters. The third-order valence-corrected chi connectivity index (χ3v) is 3.88. The first-order valence-corrected chi connectivity index (χ1v) is 7.81. The van der Waals surface area contributed by atoms with Crippen molar-refractivity contribution in [2.75, 3.05) is 5.32 Å². The van der Waals surface area contributed by atoms with E-state index in [1.807, 2.05) is 0 Å². The van der Waals surface area contributed by atoms with Crippen molar-refractivity contribution in [2.45, 2.75) is 19.4 Å². The van der Waals surface area contributed by atoms with E-state index in [4.69, 9.17) is 27.9 Å². The van der Waals surface area contributed by atoms with Gasteiger partial charge in [-0.1, -0.05) is 29.3 Å². The van der Waals surface area contributed by atoms with Crippen molar-refractivity contribution in [1.82, 2.24) is 0 Å². The lowest BCUT2D eigenvalue weighted by atomic mass is 10.1. The molecule has 2 aromatic rings. The van der Waals surface area contributed by atoms with E-state index in [0.717, 1.165) is 0 Å². The zero-order valence-corrected chi connectivity index (χ0v) is 14.2. The first-order chi connectivity index (χ1) is 11.4. The molecular weight excluding hydrogens is 356 g/mol. The average molecular weight is 370 g/mol. The fourth-order valence-corrected chi connectivity index (χ4v) is 2.45. The molecule has 0 bridgehead atoms. The van der Waals surface area contributed by atoms with Gasteiger partial charge in [0.25, 0.3) is 5.91 Å². The summed E-state index contributed by atoms with van der Waals surface area (Å²) < 4.78 is 17.9. The molecule has 0 fully saturated rings. The van der Waals surface area contributed by atoms with Crippen molar-refractivity contribution in [3.05, 3.63) is 63.9 Å². The van der Waals surface area contributed by atoms with Crippen LogP contribution in [0.4, 0.5) is 10.1 Å². The lowest BCUT2D eigenvalue weighted by Crippen LogP contribution is -2.30. The monoisotopic (exact) mass is 369 g/mol. The number of halogens is 3. The summed E-state index contributed by atoms with van der Waals surface area (Å²) in [7, 11) is 0. The number of amides is 1. The van der Waals surface area contributed by atoms with E-state index in [2.05, 4.69) is 5.32 Å². The minimum Gasteiger partial charge on any atom is -0.452 e. The van der Waals surface area contributed by atoms with Gasteiger partial charge in [0, 0.05) is 21.3 Å². The number of carbonyl (C=O) groups excluding carboxylic acids is 2. The number of hydrogen-bond acceptors (Lipinski definition) is 3. The lowest BCUT2D eigenvalue weighted by molar-refractivity contribution is -0.152. The number of rotatable bonds is 5. The predicted molar refractivity (Wildman–Crippen MR) is 90.7 cm³/mol. The summed E-state index contributed by atoms with van der Waals surface area (Å²) in [5, 5.41) is 3.23. The molecule has 0 unspecified atom stereocenters. The Bertz CT molecular complexity index is 730. The van der Waals surface area contributed by atoms with Gasteiger partial charge in [-0.3, -0.25) is 9.59 Å². The maximum Gasteiger partial charge on any atom is 0.311 e. The molecule has 0 heterocycles. The average Bonchev–Trinajstić information content (AvgIpc) is 2.53. The van der Waals surface area contributed by atoms with Crippen molar-refractivity contribution in [1.29, 1.82) is 0 Å². The van der Waals surface area contributed by atoms with E-state index in [0.29, 0.717) is 21.3 Å². The van der Waals surface area contributed by atoms with E-state index in [1.54, 1.807) is 18.2 Å². The van der Waals surface area contributed by atoms with Crippen LogP contribution in [0.5, 0.6) is 0 Å². The van der Waals surface area contributed by atoms with Gasteiger partial charge in [-0.2, -0.15) is 0 Å². The maximum absolute atomic E-state index is 12.8. The Hall–Kier alpha value is -2.11. The normalized spacial score (nSPS) is 11.7. The standard InChI is InChI=1S/C17H14Cl2FNO3/c1-10(17(23)21-12-7-5-11(20)6-8-12)24-16(22)9-13-14(18)3-2-4-15(13)19/h2-8,10H,9H2,1H3,(H,21,23)/t10-/m0/s1. The maximum atomic E-state index is 12.8. The molecule has 0 aromatic heterocycles. The molecule has 0 saturated carbocycles. The van der Waals surface area contributed by atoms with E-state index in [9.17, 15) is 14.0 Å². The topological polar surface area (TPSA) is 55.4 Å². The van der Waals surface area contributed by atoms with Gasteiger partial charge in [0.2, 0.25) is 0 Å². The summed E-state index contributed by atoms with van der Waals surface area (Å²) in [6.45, 7) is 1.44. The molecule has 2 aromatic carbocycles. The first-order valence-electron chi connectivity index (χ1n) is 7.05. The Morgan fingerprint density at radius 2 is 1.71 bits per heavy atom. The number of esters is 1.